The van der Waals surface area contributed by atoms with Gasteiger partial charge in [-0.25, -0.2) is 8.78 Å². The second kappa shape index (κ2) is 6.37. The minimum atomic E-state index is -0.527. The van der Waals surface area contributed by atoms with E-state index < -0.39 is 11.6 Å². The highest BCUT2D eigenvalue weighted by Crippen LogP contribution is 2.26. The van der Waals surface area contributed by atoms with Crippen molar-refractivity contribution in [2.75, 3.05) is 17.2 Å². The van der Waals surface area contributed by atoms with Crippen molar-refractivity contribution >= 4 is 11.4 Å². The number of nitrogen functional groups attached to an aromatic ring is 1. The molecule has 0 atom stereocenters. The van der Waals surface area contributed by atoms with Gasteiger partial charge in [0.25, 0.3) is 0 Å². The van der Waals surface area contributed by atoms with Crippen molar-refractivity contribution in [3.63, 3.8) is 0 Å². The standard InChI is InChI=1S/C16H18F2N2/c1-2-10-20(16-9-4-3-8-15(16)19)11-12-13(17)6-5-7-14(12)18/h3-9H,2,10-11,19H2,1H3. The molecular weight excluding hydrogens is 258 g/mol. The average molecular weight is 276 g/mol. The Morgan fingerprint density at radius 2 is 1.65 bits per heavy atom. The minimum absolute atomic E-state index is 0.0733. The average Bonchev–Trinajstić information content (AvgIpc) is 2.43. The van der Waals surface area contributed by atoms with E-state index in [2.05, 4.69) is 0 Å². The summed E-state index contributed by atoms with van der Waals surface area (Å²) in [5.74, 6) is -1.05. The summed E-state index contributed by atoms with van der Waals surface area (Å²) >= 11 is 0. The highest BCUT2D eigenvalue weighted by atomic mass is 19.1. The quantitative estimate of drug-likeness (QED) is 0.837. The van der Waals surface area contributed by atoms with Crippen LogP contribution in [-0.2, 0) is 6.54 Å². The van der Waals surface area contributed by atoms with Crippen molar-refractivity contribution in [1.82, 2.24) is 0 Å². The predicted molar refractivity (Wildman–Crippen MR) is 78.6 cm³/mol. The fraction of sp³-hybridized carbons (Fsp3) is 0.250. The van der Waals surface area contributed by atoms with E-state index in [4.69, 9.17) is 5.73 Å². The van der Waals surface area contributed by atoms with E-state index in [9.17, 15) is 8.78 Å². The van der Waals surface area contributed by atoms with Gasteiger partial charge >= 0.3 is 0 Å². The molecule has 0 aliphatic rings. The molecule has 0 saturated heterocycles. The van der Waals surface area contributed by atoms with Crippen LogP contribution in [0.2, 0.25) is 0 Å². The summed E-state index contributed by atoms with van der Waals surface area (Å²) in [6.45, 7) is 2.87. The van der Waals surface area contributed by atoms with Crippen LogP contribution in [0.1, 0.15) is 18.9 Å². The molecule has 0 aromatic heterocycles. The smallest absolute Gasteiger partial charge is 0.131 e. The van der Waals surface area contributed by atoms with Crippen LogP contribution in [-0.4, -0.2) is 6.54 Å². The molecule has 0 fully saturated rings. The molecule has 0 bridgehead atoms. The van der Waals surface area contributed by atoms with Crippen molar-refractivity contribution in [3.8, 4) is 0 Å². The second-order valence-corrected chi connectivity index (χ2v) is 4.68. The van der Waals surface area contributed by atoms with Crippen LogP contribution in [0.4, 0.5) is 20.2 Å². The van der Waals surface area contributed by atoms with Gasteiger partial charge in [0.2, 0.25) is 0 Å². The van der Waals surface area contributed by atoms with Crippen LogP contribution >= 0.6 is 0 Å². The molecule has 0 amide bonds. The predicted octanol–water partition coefficient (Wildman–Crippen LogP) is 3.96. The van der Waals surface area contributed by atoms with E-state index in [0.717, 1.165) is 12.1 Å². The number of hydrogen-bond acceptors (Lipinski definition) is 2. The van der Waals surface area contributed by atoms with Gasteiger partial charge in [-0.2, -0.15) is 0 Å². The molecule has 0 aliphatic heterocycles. The van der Waals surface area contributed by atoms with Crippen LogP contribution in [0.25, 0.3) is 0 Å². The zero-order chi connectivity index (χ0) is 14.5. The molecule has 0 radical (unpaired) electrons. The van der Waals surface area contributed by atoms with Gasteiger partial charge in [-0.1, -0.05) is 25.1 Å². The van der Waals surface area contributed by atoms with Gasteiger partial charge in [-0.05, 0) is 30.7 Å². The Balaban J connectivity index is 2.33. The van der Waals surface area contributed by atoms with Crippen molar-refractivity contribution in [3.05, 3.63) is 59.7 Å². The van der Waals surface area contributed by atoms with Crippen LogP contribution in [0.3, 0.4) is 0 Å². The van der Waals surface area contributed by atoms with Gasteiger partial charge in [0.05, 0.1) is 11.4 Å². The fourth-order valence-electron chi connectivity index (χ4n) is 2.20. The molecule has 2 rings (SSSR count). The third-order valence-electron chi connectivity index (χ3n) is 3.18. The van der Waals surface area contributed by atoms with Crippen molar-refractivity contribution < 1.29 is 8.78 Å². The number of benzene rings is 2. The first kappa shape index (κ1) is 14.3. The summed E-state index contributed by atoms with van der Waals surface area (Å²) in [7, 11) is 0. The monoisotopic (exact) mass is 276 g/mol. The van der Waals surface area contributed by atoms with E-state index in [0.29, 0.717) is 12.2 Å². The van der Waals surface area contributed by atoms with Gasteiger partial charge < -0.3 is 10.6 Å². The highest BCUT2D eigenvalue weighted by molar-refractivity contribution is 5.67. The third-order valence-corrected chi connectivity index (χ3v) is 3.18. The zero-order valence-electron chi connectivity index (χ0n) is 11.4. The normalized spacial score (nSPS) is 10.6. The van der Waals surface area contributed by atoms with Gasteiger partial charge in [-0.3, -0.25) is 0 Å². The first-order valence-corrected chi connectivity index (χ1v) is 6.65. The van der Waals surface area contributed by atoms with E-state index >= 15 is 0 Å². The van der Waals surface area contributed by atoms with E-state index in [-0.39, 0.29) is 12.1 Å². The number of hydrogen-bond donors (Lipinski definition) is 1. The summed E-state index contributed by atoms with van der Waals surface area (Å²) in [6.07, 6.45) is 0.865. The Hall–Kier alpha value is -2.10. The van der Waals surface area contributed by atoms with E-state index in [1.807, 2.05) is 30.0 Å². The summed E-state index contributed by atoms with van der Waals surface area (Å²) in [4.78, 5) is 1.90. The topological polar surface area (TPSA) is 29.3 Å². The maximum Gasteiger partial charge on any atom is 0.131 e. The highest BCUT2D eigenvalue weighted by Gasteiger charge is 2.15. The van der Waals surface area contributed by atoms with Gasteiger partial charge in [0.15, 0.2) is 0 Å². The van der Waals surface area contributed by atoms with Gasteiger partial charge in [0.1, 0.15) is 11.6 Å². The SMILES string of the molecule is CCCN(Cc1c(F)cccc1F)c1ccccc1N. The minimum Gasteiger partial charge on any atom is -0.397 e. The van der Waals surface area contributed by atoms with Gasteiger partial charge in [-0.15, -0.1) is 0 Å². The molecule has 20 heavy (non-hydrogen) atoms. The van der Waals surface area contributed by atoms with Crippen molar-refractivity contribution in [2.45, 2.75) is 19.9 Å². The lowest BCUT2D eigenvalue weighted by atomic mass is 10.1. The Morgan fingerprint density at radius 3 is 2.25 bits per heavy atom. The number of rotatable bonds is 5. The zero-order valence-corrected chi connectivity index (χ0v) is 11.4. The molecule has 0 spiro atoms. The summed E-state index contributed by atoms with van der Waals surface area (Å²) in [5, 5.41) is 0. The molecule has 0 aliphatic carbocycles. The first-order valence-electron chi connectivity index (χ1n) is 6.65. The Labute approximate surface area is 117 Å². The molecule has 2 nitrogen and oxygen atoms in total. The molecule has 0 heterocycles. The summed E-state index contributed by atoms with van der Waals surface area (Å²) in [5.41, 5.74) is 7.44. The van der Waals surface area contributed by atoms with Crippen LogP contribution < -0.4 is 10.6 Å². The van der Waals surface area contributed by atoms with Crippen molar-refractivity contribution in [2.24, 2.45) is 0 Å². The molecule has 106 valence electrons. The molecule has 2 aromatic rings. The maximum absolute atomic E-state index is 13.8. The second-order valence-electron chi connectivity index (χ2n) is 4.68. The van der Waals surface area contributed by atoms with Gasteiger partial charge in [0, 0.05) is 18.7 Å². The number of halogens is 2. The molecule has 0 unspecified atom stereocenters. The summed E-state index contributed by atoms with van der Waals surface area (Å²) in [6, 6.07) is 11.3. The molecule has 2 N–H and O–H groups in total. The van der Waals surface area contributed by atoms with E-state index in [1.165, 1.54) is 18.2 Å². The van der Waals surface area contributed by atoms with Crippen molar-refractivity contribution in [1.29, 1.82) is 0 Å². The van der Waals surface area contributed by atoms with E-state index in [1.54, 1.807) is 6.07 Å². The lowest BCUT2D eigenvalue weighted by molar-refractivity contribution is 0.549. The van der Waals surface area contributed by atoms with Crippen LogP contribution in [0.5, 0.6) is 0 Å². The number of anilines is 2. The molecule has 4 heteroatoms. The lowest BCUT2D eigenvalue weighted by Gasteiger charge is -2.26. The number of para-hydroxylation sites is 2. The van der Waals surface area contributed by atoms with Crippen LogP contribution in [0, 0.1) is 11.6 Å². The number of nitrogens with two attached hydrogens (primary N) is 1. The molecule has 2 aromatic carbocycles. The fourth-order valence-corrected chi connectivity index (χ4v) is 2.20. The largest absolute Gasteiger partial charge is 0.397 e. The van der Waals surface area contributed by atoms with Crippen LogP contribution in [0.15, 0.2) is 42.5 Å². The molecule has 0 saturated carbocycles. The molecular formula is C16H18F2N2. The Kier molecular flexibility index (Phi) is 4.56. The third kappa shape index (κ3) is 3.07. The first-order chi connectivity index (χ1) is 9.63. The summed E-state index contributed by atoms with van der Waals surface area (Å²) < 4.78 is 27.5. The maximum atomic E-state index is 13.8. The lowest BCUT2D eigenvalue weighted by Crippen LogP contribution is -2.25. The Bertz CT molecular complexity index is 564. The Morgan fingerprint density at radius 1 is 1.00 bits per heavy atom. The number of nitrogens with zero attached hydrogens (tertiary/aromatic N) is 1.